The lowest BCUT2D eigenvalue weighted by Gasteiger charge is -2.27. The number of fused-ring (bicyclic) bond motifs is 3. The quantitative estimate of drug-likeness (QED) is 0.790. The van der Waals surface area contributed by atoms with E-state index in [4.69, 9.17) is 15.1 Å². The molecule has 1 N–H and O–H groups in total. The monoisotopic (exact) mass is 305 g/mol. The van der Waals surface area contributed by atoms with Crippen LogP contribution in [0.1, 0.15) is 42.5 Å². The van der Waals surface area contributed by atoms with Crippen molar-refractivity contribution in [2.75, 3.05) is 6.50 Å². The van der Waals surface area contributed by atoms with E-state index in [9.17, 15) is 4.79 Å². The van der Waals surface area contributed by atoms with E-state index in [1.807, 2.05) is 0 Å². The number of aromatic amines is 1. The van der Waals surface area contributed by atoms with Crippen molar-refractivity contribution in [2.45, 2.75) is 19.8 Å². The Bertz CT molecular complexity index is 1270. The number of aromatic nitrogens is 3. The number of para-hydroxylation sites is 1. The van der Waals surface area contributed by atoms with Gasteiger partial charge >= 0.3 is 0 Å². The molecule has 3 aromatic rings. The van der Waals surface area contributed by atoms with Gasteiger partial charge < -0.3 is 14.5 Å². The van der Waals surface area contributed by atoms with Gasteiger partial charge in [0, 0.05) is 55.8 Å². The molecule has 0 aliphatic carbocycles. The van der Waals surface area contributed by atoms with Gasteiger partial charge in [-0.25, -0.2) is 4.98 Å². The average molecular weight is 305 g/mol. The van der Waals surface area contributed by atoms with Crippen molar-refractivity contribution >= 4 is 16.8 Å². The van der Waals surface area contributed by atoms with Crippen LogP contribution in [0.15, 0.2) is 30.6 Å². The Morgan fingerprint density at radius 1 is 1.50 bits per heavy atom. The number of H-pyrrole nitrogens is 1. The average Bonchev–Trinajstić information content (AvgIpc) is 3.22. The van der Waals surface area contributed by atoms with Crippen LogP contribution in [-0.4, -0.2) is 31.8 Å². The van der Waals surface area contributed by atoms with Crippen molar-refractivity contribution in [1.82, 2.24) is 19.4 Å². The molecule has 0 fully saturated rings. The summed E-state index contributed by atoms with van der Waals surface area (Å²) in [5.74, 6) is -1.02. The summed E-state index contributed by atoms with van der Waals surface area (Å²) in [6.07, 6.45) is -3.51. The maximum Gasteiger partial charge on any atom is 0.256 e. The molecule has 1 aliphatic heterocycles. The number of rotatable bonds is 2. The first-order chi connectivity index (χ1) is 15.0. The third-order valence-electron chi connectivity index (χ3n) is 3.61. The lowest BCUT2D eigenvalue weighted by molar-refractivity contribution is 0.0725. The fourth-order valence-corrected chi connectivity index (χ4v) is 2.54. The number of carbonyl (C=O) groups is 1. The second-order valence-electron chi connectivity index (χ2n) is 4.87. The summed E-state index contributed by atoms with van der Waals surface area (Å²) in [6, 6.07) is 5.89. The van der Waals surface area contributed by atoms with Crippen LogP contribution in [0.5, 0.6) is 0 Å². The van der Waals surface area contributed by atoms with E-state index >= 15 is 0 Å². The molecule has 0 bridgehead atoms. The molecule has 5 heteroatoms. The summed E-state index contributed by atoms with van der Waals surface area (Å²) in [6.45, 7) is -9.48. The van der Waals surface area contributed by atoms with Crippen molar-refractivity contribution in [2.24, 2.45) is 6.98 Å². The van der Waals surface area contributed by atoms with Gasteiger partial charge in [0.2, 0.25) is 0 Å². The fourth-order valence-electron chi connectivity index (χ4n) is 2.54. The zero-order chi connectivity index (χ0) is 24.7. The Balaban J connectivity index is 1.99. The Morgan fingerprint density at radius 3 is 3.27 bits per heavy atom. The molecule has 1 aromatic carbocycles. The van der Waals surface area contributed by atoms with E-state index in [1.165, 1.54) is 24.3 Å². The number of aryl methyl sites for hydroxylation is 2. The predicted molar refractivity (Wildman–Crippen MR) is 84.7 cm³/mol. The van der Waals surface area contributed by atoms with Crippen molar-refractivity contribution < 1.29 is 19.9 Å². The molecule has 2 aromatic heterocycles. The first kappa shape index (κ1) is 5.91. The van der Waals surface area contributed by atoms with Gasteiger partial charge in [-0.3, -0.25) is 4.79 Å². The molecular weight excluding hydrogens is 276 g/mol. The maximum absolute atomic E-state index is 13.5. The number of amides is 1. The van der Waals surface area contributed by atoms with Crippen molar-refractivity contribution in [1.29, 1.82) is 0 Å². The molecule has 0 radical (unpaired) electrons. The highest BCUT2D eigenvalue weighted by Crippen LogP contribution is 2.30. The summed E-state index contributed by atoms with van der Waals surface area (Å²) < 4.78 is 88.9. The molecule has 0 atom stereocenters. The van der Waals surface area contributed by atoms with Gasteiger partial charge in [0.05, 0.1) is 24.1 Å². The molecule has 0 unspecified atom stereocenters. The minimum Gasteiger partial charge on any atom is -0.348 e. The number of benzene rings is 1. The first-order valence-electron chi connectivity index (χ1n) is 12.0. The summed E-state index contributed by atoms with van der Waals surface area (Å²) in [5, 5.41) is 0.122. The third-order valence-corrected chi connectivity index (χ3v) is 3.61. The molecular formula is C17H18N4O. The molecule has 112 valence electrons. The second kappa shape index (κ2) is 4.73. The molecule has 5 nitrogen and oxygen atoms in total. The normalized spacial score (nSPS) is 27.7. The van der Waals surface area contributed by atoms with E-state index in [0.29, 0.717) is 9.47 Å². The largest absolute Gasteiger partial charge is 0.348 e. The Morgan fingerprint density at radius 2 is 2.41 bits per heavy atom. The van der Waals surface area contributed by atoms with E-state index < -0.39 is 56.8 Å². The Kier molecular flexibility index (Phi) is 1.27. The zero-order valence-corrected chi connectivity index (χ0v) is 11.3. The first-order valence-corrected chi connectivity index (χ1v) is 6.52. The van der Waals surface area contributed by atoms with Crippen LogP contribution in [0.3, 0.4) is 0 Å². The van der Waals surface area contributed by atoms with E-state index in [1.54, 1.807) is 0 Å². The molecule has 3 heterocycles. The van der Waals surface area contributed by atoms with Crippen molar-refractivity contribution in [3.8, 4) is 0 Å². The van der Waals surface area contributed by atoms with Gasteiger partial charge in [-0.15, -0.1) is 0 Å². The zero-order valence-electron chi connectivity index (χ0n) is 22.3. The van der Waals surface area contributed by atoms with Gasteiger partial charge in [-0.05, 0) is 12.9 Å². The van der Waals surface area contributed by atoms with Gasteiger partial charge in [0.1, 0.15) is 1.37 Å². The topological polar surface area (TPSA) is 53.9 Å². The number of nitrogens with one attached hydrogen (secondary N) is 1. The van der Waals surface area contributed by atoms with Crippen LogP contribution in [0, 0.1) is 6.85 Å². The van der Waals surface area contributed by atoms with Crippen LogP contribution in [0.25, 0.3) is 10.9 Å². The Labute approximate surface area is 144 Å². The van der Waals surface area contributed by atoms with E-state index in [-0.39, 0.29) is 22.2 Å². The van der Waals surface area contributed by atoms with Gasteiger partial charge in [-0.1, -0.05) is 18.2 Å². The lowest BCUT2D eigenvalue weighted by atomic mass is 10.0. The van der Waals surface area contributed by atoms with Crippen LogP contribution < -0.4 is 0 Å². The van der Waals surface area contributed by atoms with Crippen LogP contribution in [0.2, 0.25) is 0 Å². The number of hydrogen-bond donors (Lipinski definition) is 1. The van der Waals surface area contributed by atoms with Gasteiger partial charge in [-0.2, -0.15) is 0 Å². The maximum atomic E-state index is 13.5. The molecule has 1 amide bonds. The number of carbonyl (C=O) groups excluding carboxylic acids is 1. The number of nitrogens with zero attached hydrogens (tertiary/aromatic N) is 3. The van der Waals surface area contributed by atoms with Crippen LogP contribution in [0.4, 0.5) is 0 Å². The molecule has 1 aliphatic rings. The predicted octanol–water partition coefficient (Wildman–Crippen LogP) is 2.41. The molecule has 22 heavy (non-hydrogen) atoms. The molecule has 0 saturated heterocycles. The van der Waals surface area contributed by atoms with Crippen LogP contribution in [-0.2, 0) is 19.9 Å². The minimum absolute atomic E-state index is 0.0359. The Hall–Kier alpha value is -2.56. The highest BCUT2D eigenvalue weighted by Gasteiger charge is 2.30. The number of imidazole rings is 1. The summed E-state index contributed by atoms with van der Waals surface area (Å²) in [7, 11) is 0. The van der Waals surface area contributed by atoms with E-state index in [0.717, 1.165) is 0 Å². The van der Waals surface area contributed by atoms with Crippen molar-refractivity contribution in [3.63, 3.8) is 0 Å². The molecule has 0 saturated carbocycles. The van der Waals surface area contributed by atoms with Gasteiger partial charge in [0.15, 0.2) is 0 Å². The van der Waals surface area contributed by atoms with Crippen molar-refractivity contribution in [3.05, 3.63) is 53.2 Å². The lowest BCUT2D eigenvalue weighted by Crippen LogP contribution is -2.37. The SMILES string of the molecule is [2H]c1nc(CN2C(=O)c3c(n(C([2H])([2H])[2H])c4ccccc34)C([2H])([2H])C2([2H])[2H])c(C([2H])([2H])[2H])[nH]1. The molecule has 4 rings (SSSR count). The van der Waals surface area contributed by atoms with Gasteiger partial charge in [0.25, 0.3) is 5.91 Å². The minimum atomic E-state index is -3.08. The summed E-state index contributed by atoms with van der Waals surface area (Å²) in [4.78, 5) is 20.1. The highest BCUT2D eigenvalue weighted by atomic mass is 16.2. The fraction of sp³-hybridized carbons (Fsp3) is 0.294. The highest BCUT2D eigenvalue weighted by molar-refractivity contribution is 6.09. The third kappa shape index (κ3) is 1.78. The smallest absolute Gasteiger partial charge is 0.256 e. The van der Waals surface area contributed by atoms with E-state index in [2.05, 4.69) is 9.97 Å². The second-order valence-corrected chi connectivity index (χ2v) is 4.87. The summed E-state index contributed by atoms with van der Waals surface area (Å²) >= 11 is 0. The summed E-state index contributed by atoms with van der Waals surface area (Å²) in [5.41, 5.74) is -1.68. The standard InChI is InChI=1S/C17H18N4O/c1-11-13(19-10-18-11)9-21-8-7-15-16(17(21)22)12-5-3-4-6-14(12)20(15)2/h3-6,10H,7-9H2,1-2H3,(H,18,19)/i1D3,2D3,7D2,8D2,10D. The molecule has 0 spiro atoms. The van der Waals surface area contributed by atoms with Crippen LogP contribution >= 0.6 is 0 Å². The number of hydrogen-bond acceptors (Lipinski definition) is 2.